The minimum absolute atomic E-state index is 0. The summed E-state index contributed by atoms with van der Waals surface area (Å²) in [4.78, 5) is 5.45. The molecule has 1 aromatic rings. The van der Waals surface area contributed by atoms with Gasteiger partial charge in [0.15, 0.2) is 5.96 Å². The highest BCUT2D eigenvalue weighted by molar-refractivity contribution is 14.0. The molecule has 0 aliphatic heterocycles. The fourth-order valence-corrected chi connectivity index (χ4v) is 2.20. The molecule has 0 bridgehead atoms. The van der Waals surface area contributed by atoms with Gasteiger partial charge in [-0.25, -0.2) is 4.39 Å². The first-order chi connectivity index (χ1) is 11.6. The number of benzene rings is 1. The summed E-state index contributed by atoms with van der Waals surface area (Å²) in [5.74, 6) is 0.207. The Morgan fingerprint density at radius 3 is 2.50 bits per heavy atom. The number of likely N-dealkylation sites (N-methyl/N-ethyl adjacent to an activating group) is 1. The zero-order valence-electron chi connectivity index (χ0n) is 15.5. The van der Waals surface area contributed by atoms with E-state index in [-0.39, 0.29) is 48.9 Å². The molecule has 26 heavy (non-hydrogen) atoms. The van der Waals surface area contributed by atoms with Crippen LogP contribution < -0.4 is 10.6 Å². The van der Waals surface area contributed by atoms with Gasteiger partial charge in [0.2, 0.25) is 0 Å². The fourth-order valence-electron chi connectivity index (χ4n) is 2.20. The molecule has 0 heterocycles. The molecule has 0 radical (unpaired) electrons. The fraction of sp³-hybridized carbons (Fsp3) is 0.588. The van der Waals surface area contributed by atoms with E-state index in [1.807, 2.05) is 19.9 Å². The lowest BCUT2D eigenvalue weighted by Gasteiger charge is -2.20. The average Bonchev–Trinajstić information content (AvgIpc) is 2.48. The Labute approximate surface area is 169 Å². The average molecular weight is 490 g/mol. The van der Waals surface area contributed by atoms with Crippen LogP contribution in [0.5, 0.6) is 0 Å². The van der Waals surface area contributed by atoms with Crippen LogP contribution in [-0.2, 0) is 0 Å². The van der Waals surface area contributed by atoms with Crippen LogP contribution in [0.4, 0.5) is 17.6 Å². The number of halogens is 5. The van der Waals surface area contributed by atoms with Crippen LogP contribution in [0.1, 0.15) is 31.0 Å². The second-order valence-electron chi connectivity index (χ2n) is 5.99. The summed E-state index contributed by atoms with van der Waals surface area (Å²) in [6.07, 6.45) is -4.22. The van der Waals surface area contributed by atoms with Crippen molar-refractivity contribution in [2.75, 3.05) is 33.2 Å². The van der Waals surface area contributed by atoms with Crippen molar-refractivity contribution in [1.82, 2.24) is 15.5 Å². The maximum atomic E-state index is 13.7. The van der Waals surface area contributed by atoms with Crippen molar-refractivity contribution in [3.8, 4) is 0 Å². The number of nitrogens with one attached hydrogen (secondary N) is 2. The van der Waals surface area contributed by atoms with Gasteiger partial charge < -0.3 is 10.6 Å². The second-order valence-corrected chi connectivity index (χ2v) is 5.99. The lowest BCUT2D eigenvalue weighted by atomic mass is 10.1. The smallest absolute Gasteiger partial charge is 0.357 e. The number of aliphatic imine (C=N–C) groups is 1. The maximum absolute atomic E-state index is 13.7. The van der Waals surface area contributed by atoms with Crippen LogP contribution in [0.3, 0.4) is 0 Å². The molecule has 0 saturated heterocycles. The summed E-state index contributed by atoms with van der Waals surface area (Å²) < 4.78 is 50.6. The molecule has 1 rings (SSSR count). The minimum atomic E-state index is -4.22. The Morgan fingerprint density at radius 2 is 1.96 bits per heavy atom. The maximum Gasteiger partial charge on any atom is 0.401 e. The van der Waals surface area contributed by atoms with E-state index < -0.39 is 12.7 Å². The lowest BCUT2D eigenvalue weighted by molar-refractivity contribution is -0.142. The van der Waals surface area contributed by atoms with Crippen molar-refractivity contribution in [1.29, 1.82) is 0 Å². The van der Waals surface area contributed by atoms with Gasteiger partial charge >= 0.3 is 6.18 Å². The van der Waals surface area contributed by atoms with Gasteiger partial charge in [-0.1, -0.05) is 12.1 Å². The Bertz CT molecular complexity index is 578. The third-order valence-electron chi connectivity index (χ3n) is 3.59. The molecule has 2 N–H and O–H groups in total. The van der Waals surface area contributed by atoms with Crippen molar-refractivity contribution >= 4 is 29.9 Å². The predicted molar refractivity (Wildman–Crippen MR) is 108 cm³/mol. The third-order valence-corrected chi connectivity index (χ3v) is 3.59. The van der Waals surface area contributed by atoms with Gasteiger partial charge in [-0.05, 0) is 45.0 Å². The number of aryl methyl sites for hydroxylation is 1. The molecule has 0 amide bonds. The highest BCUT2D eigenvalue weighted by Crippen LogP contribution is 2.16. The van der Waals surface area contributed by atoms with Gasteiger partial charge in [0.05, 0.1) is 19.1 Å². The quantitative estimate of drug-likeness (QED) is 0.264. The van der Waals surface area contributed by atoms with E-state index in [4.69, 9.17) is 0 Å². The highest BCUT2D eigenvalue weighted by Gasteiger charge is 2.28. The van der Waals surface area contributed by atoms with E-state index in [0.717, 1.165) is 5.56 Å². The van der Waals surface area contributed by atoms with E-state index in [0.29, 0.717) is 18.1 Å². The van der Waals surface area contributed by atoms with Gasteiger partial charge in [-0.15, -0.1) is 24.0 Å². The standard InChI is InChI=1S/C17H26F4N4.HI/c1-5-22-16(23-8-9-25(4)11-17(19,20)21)24-13(3)14-7-6-12(2)15(18)10-14;/h6-7,10,13H,5,8-9,11H2,1-4H3,(H2,22,23,24);1H. The molecule has 0 aliphatic carbocycles. The Morgan fingerprint density at radius 1 is 1.31 bits per heavy atom. The van der Waals surface area contributed by atoms with Crippen LogP contribution in [-0.4, -0.2) is 50.3 Å². The molecule has 1 aromatic carbocycles. The molecule has 0 fully saturated rings. The summed E-state index contributed by atoms with van der Waals surface area (Å²) in [6.45, 7) is 5.50. The van der Waals surface area contributed by atoms with Crippen molar-refractivity contribution in [2.24, 2.45) is 4.99 Å². The van der Waals surface area contributed by atoms with Crippen molar-refractivity contribution in [3.05, 3.63) is 35.1 Å². The Balaban J connectivity index is 0.00000625. The number of rotatable bonds is 7. The predicted octanol–water partition coefficient (Wildman–Crippen LogP) is 3.86. The van der Waals surface area contributed by atoms with Crippen LogP contribution in [0.15, 0.2) is 23.2 Å². The second kappa shape index (κ2) is 11.6. The lowest BCUT2D eigenvalue weighted by Crippen LogP contribution is -2.39. The summed E-state index contributed by atoms with van der Waals surface area (Å²) in [5.41, 5.74) is 1.34. The molecule has 150 valence electrons. The topological polar surface area (TPSA) is 39.7 Å². The summed E-state index contributed by atoms with van der Waals surface area (Å²) >= 11 is 0. The molecule has 1 atom stereocenters. The number of hydrogen-bond donors (Lipinski definition) is 2. The SMILES string of the molecule is CCNC(=NCCN(C)CC(F)(F)F)NC(C)c1ccc(C)c(F)c1.I. The molecular formula is C17H27F4IN4. The summed E-state index contributed by atoms with van der Waals surface area (Å²) in [7, 11) is 1.40. The Hall–Kier alpha value is -1.10. The van der Waals surface area contributed by atoms with Crippen molar-refractivity contribution in [3.63, 3.8) is 0 Å². The zero-order chi connectivity index (χ0) is 19.0. The summed E-state index contributed by atoms with van der Waals surface area (Å²) in [6, 6.07) is 4.81. The molecule has 0 saturated carbocycles. The van der Waals surface area contributed by atoms with Crippen LogP contribution in [0.2, 0.25) is 0 Å². The van der Waals surface area contributed by atoms with E-state index in [1.54, 1.807) is 13.0 Å². The molecule has 9 heteroatoms. The first-order valence-electron chi connectivity index (χ1n) is 8.18. The Kier molecular flexibility index (Phi) is 11.1. The van der Waals surface area contributed by atoms with Crippen LogP contribution in [0.25, 0.3) is 0 Å². The van der Waals surface area contributed by atoms with Crippen LogP contribution >= 0.6 is 24.0 Å². The highest BCUT2D eigenvalue weighted by atomic mass is 127. The first kappa shape index (κ1) is 24.9. The van der Waals surface area contributed by atoms with Gasteiger partial charge in [0.25, 0.3) is 0 Å². The van der Waals surface area contributed by atoms with Crippen molar-refractivity contribution < 1.29 is 17.6 Å². The van der Waals surface area contributed by atoms with Gasteiger partial charge in [0.1, 0.15) is 5.82 Å². The third kappa shape index (κ3) is 9.56. The first-order valence-corrected chi connectivity index (χ1v) is 8.18. The van der Waals surface area contributed by atoms with Crippen LogP contribution in [0, 0.1) is 12.7 Å². The largest absolute Gasteiger partial charge is 0.401 e. The molecule has 0 aliphatic rings. The molecule has 1 unspecified atom stereocenters. The minimum Gasteiger partial charge on any atom is -0.357 e. The normalized spacial score (nSPS) is 13.3. The number of nitrogens with zero attached hydrogens (tertiary/aromatic N) is 2. The summed E-state index contributed by atoms with van der Waals surface area (Å²) in [5, 5.41) is 6.17. The van der Waals surface area contributed by atoms with Gasteiger partial charge in [-0.2, -0.15) is 13.2 Å². The number of hydrogen-bond acceptors (Lipinski definition) is 2. The van der Waals surface area contributed by atoms with E-state index in [9.17, 15) is 17.6 Å². The van der Waals surface area contributed by atoms with Gasteiger partial charge in [-0.3, -0.25) is 9.89 Å². The monoisotopic (exact) mass is 490 g/mol. The number of alkyl halides is 3. The van der Waals surface area contributed by atoms with E-state index in [1.165, 1.54) is 18.0 Å². The number of guanidine groups is 1. The zero-order valence-corrected chi connectivity index (χ0v) is 17.8. The molecule has 0 spiro atoms. The van der Waals surface area contributed by atoms with Gasteiger partial charge in [0, 0.05) is 13.1 Å². The molecular weight excluding hydrogens is 463 g/mol. The molecule has 0 aromatic heterocycles. The van der Waals surface area contributed by atoms with E-state index >= 15 is 0 Å². The van der Waals surface area contributed by atoms with Crippen molar-refractivity contribution in [2.45, 2.75) is 33.0 Å². The van der Waals surface area contributed by atoms with E-state index in [2.05, 4.69) is 15.6 Å². The molecule has 4 nitrogen and oxygen atoms in total.